The molecule has 2 N–H and O–H groups in total. The lowest BCUT2D eigenvalue weighted by Gasteiger charge is -2.10. The average Bonchev–Trinajstić information content (AvgIpc) is 3.51. The van der Waals surface area contributed by atoms with Crippen LogP contribution in [0.1, 0.15) is 39.6 Å². The normalized spacial score (nSPS) is 17.6. The van der Waals surface area contributed by atoms with Crippen LogP contribution in [-0.2, 0) is 19.6 Å². The fourth-order valence-corrected chi connectivity index (χ4v) is 4.60. The number of carbonyl (C=O) groups is 2. The molecule has 1 heterocycles. The molecular weight excluding hydrogens is 447 g/mol. The Hall–Kier alpha value is -3.30. The summed E-state index contributed by atoms with van der Waals surface area (Å²) in [6, 6.07) is 13.8. The average molecular weight is 471 g/mol. The summed E-state index contributed by atoms with van der Waals surface area (Å²) in [4.78, 5) is 25.1. The van der Waals surface area contributed by atoms with Crippen LogP contribution >= 0.6 is 0 Å². The fourth-order valence-electron chi connectivity index (χ4n) is 4.08. The molecule has 33 heavy (non-hydrogen) atoms. The Morgan fingerprint density at radius 2 is 1.73 bits per heavy atom. The lowest BCUT2D eigenvalue weighted by Crippen LogP contribution is -2.16. The predicted molar refractivity (Wildman–Crippen MR) is 119 cm³/mol. The summed E-state index contributed by atoms with van der Waals surface area (Å²) in [6.45, 7) is 3.21. The lowest BCUT2D eigenvalue weighted by molar-refractivity contribution is -0.144. The first-order valence-corrected chi connectivity index (χ1v) is 11.9. The highest BCUT2D eigenvalue weighted by Crippen LogP contribution is 2.48. The standard InChI is InChI=1S/C24H23FN2O5S/c1-14-11-20(15(2)27(14)18-7-9-19(10-8-18)33(26,30)31)23(28)13-32-24(29)22-12-21(22)16-3-5-17(25)6-4-16/h3-11,21-22H,12-13H2,1-2H3,(H2,26,30,31)/t21-,22+/m0/s1. The van der Waals surface area contributed by atoms with Crippen molar-refractivity contribution in [3.05, 3.63) is 82.9 Å². The summed E-state index contributed by atoms with van der Waals surface area (Å²) in [5.41, 5.74) is 3.38. The quantitative estimate of drug-likeness (QED) is 0.421. The zero-order valence-electron chi connectivity index (χ0n) is 18.1. The number of nitrogens with two attached hydrogens (primary N) is 1. The third-order valence-corrected chi connectivity index (χ3v) is 6.82. The van der Waals surface area contributed by atoms with Crippen LogP contribution < -0.4 is 5.14 Å². The maximum absolute atomic E-state index is 13.1. The Bertz CT molecular complexity index is 1330. The highest BCUT2D eigenvalue weighted by molar-refractivity contribution is 7.89. The van der Waals surface area contributed by atoms with E-state index in [1.165, 1.54) is 24.3 Å². The van der Waals surface area contributed by atoms with Crippen LogP contribution in [0.4, 0.5) is 4.39 Å². The van der Waals surface area contributed by atoms with Crippen molar-refractivity contribution in [2.45, 2.75) is 31.1 Å². The van der Waals surface area contributed by atoms with E-state index in [2.05, 4.69) is 0 Å². The first-order valence-electron chi connectivity index (χ1n) is 10.3. The summed E-state index contributed by atoms with van der Waals surface area (Å²) >= 11 is 0. The second kappa shape index (κ2) is 8.57. The molecule has 0 saturated heterocycles. The Labute approximate surface area is 191 Å². The van der Waals surface area contributed by atoms with Crippen LogP contribution in [0, 0.1) is 25.6 Å². The molecule has 1 saturated carbocycles. The molecule has 9 heteroatoms. The van der Waals surface area contributed by atoms with E-state index in [1.54, 1.807) is 37.3 Å². The summed E-state index contributed by atoms with van der Waals surface area (Å²) in [6.07, 6.45) is 0.613. The number of hydrogen-bond acceptors (Lipinski definition) is 5. The van der Waals surface area contributed by atoms with Crippen molar-refractivity contribution < 1.29 is 27.1 Å². The van der Waals surface area contributed by atoms with Crippen molar-refractivity contribution in [3.63, 3.8) is 0 Å². The Morgan fingerprint density at radius 3 is 2.33 bits per heavy atom. The van der Waals surface area contributed by atoms with Crippen molar-refractivity contribution in [1.82, 2.24) is 4.57 Å². The molecule has 4 rings (SSSR count). The molecule has 1 aromatic heterocycles. The van der Waals surface area contributed by atoms with Gasteiger partial charge in [0.25, 0.3) is 0 Å². The number of hydrogen-bond donors (Lipinski definition) is 1. The zero-order chi connectivity index (χ0) is 23.9. The van der Waals surface area contributed by atoms with E-state index in [0.29, 0.717) is 23.4 Å². The molecule has 1 aliphatic carbocycles. The zero-order valence-corrected chi connectivity index (χ0v) is 18.9. The number of ketones is 1. The maximum Gasteiger partial charge on any atom is 0.310 e. The topological polar surface area (TPSA) is 108 Å². The first-order chi connectivity index (χ1) is 15.6. The van der Waals surface area contributed by atoms with E-state index in [-0.39, 0.29) is 34.9 Å². The highest BCUT2D eigenvalue weighted by Gasteiger charge is 2.45. The Morgan fingerprint density at radius 1 is 1.09 bits per heavy atom. The van der Waals surface area contributed by atoms with E-state index in [0.717, 1.165) is 11.3 Å². The van der Waals surface area contributed by atoms with Crippen LogP contribution in [-0.4, -0.2) is 31.3 Å². The smallest absolute Gasteiger partial charge is 0.310 e. The molecular formula is C24H23FN2O5S. The van der Waals surface area contributed by atoms with Gasteiger partial charge in [0.05, 0.1) is 10.8 Å². The molecule has 0 spiro atoms. The van der Waals surface area contributed by atoms with E-state index >= 15 is 0 Å². The second-order valence-electron chi connectivity index (χ2n) is 8.19. The van der Waals surface area contributed by atoms with Gasteiger partial charge < -0.3 is 9.30 Å². The van der Waals surface area contributed by atoms with E-state index in [1.807, 2.05) is 11.5 Å². The van der Waals surface area contributed by atoms with Crippen molar-refractivity contribution >= 4 is 21.8 Å². The molecule has 1 aliphatic rings. The van der Waals surface area contributed by atoms with Gasteiger partial charge in [0.1, 0.15) is 5.82 Å². The number of sulfonamides is 1. The molecule has 3 aromatic rings. The van der Waals surface area contributed by atoms with Gasteiger partial charge in [-0.05, 0) is 74.2 Å². The molecule has 7 nitrogen and oxygen atoms in total. The minimum atomic E-state index is -3.80. The van der Waals surface area contributed by atoms with Crippen molar-refractivity contribution in [2.75, 3.05) is 6.61 Å². The summed E-state index contributed by atoms with van der Waals surface area (Å²) in [5.74, 6) is -1.44. The van der Waals surface area contributed by atoms with Crippen LogP contribution in [0.2, 0.25) is 0 Å². The largest absolute Gasteiger partial charge is 0.457 e. The van der Waals surface area contributed by atoms with Gasteiger partial charge in [-0.3, -0.25) is 9.59 Å². The minimum absolute atomic E-state index is 0.00376. The van der Waals surface area contributed by atoms with Gasteiger partial charge in [-0.25, -0.2) is 17.9 Å². The molecule has 0 unspecified atom stereocenters. The molecule has 1 fully saturated rings. The number of Topliss-reactive ketones (excluding diaryl/α,β-unsaturated/α-hetero) is 1. The number of rotatable bonds is 7. The molecule has 0 radical (unpaired) electrons. The molecule has 0 bridgehead atoms. The van der Waals surface area contributed by atoms with E-state index < -0.39 is 16.0 Å². The van der Waals surface area contributed by atoms with Crippen LogP contribution in [0.5, 0.6) is 0 Å². The Kier molecular flexibility index (Phi) is 5.94. The van der Waals surface area contributed by atoms with E-state index in [9.17, 15) is 22.4 Å². The van der Waals surface area contributed by atoms with Gasteiger partial charge in [0.15, 0.2) is 6.61 Å². The second-order valence-corrected chi connectivity index (χ2v) is 9.75. The van der Waals surface area contributed by atoms with Crippen LogP contribution in [0.25, 0.3) is 5.69 Å². The summed E-state index contributed by atoms with van der Waals surface area (Å²) in [7, 11) is -3.80. The van der Waals surface area contributed by atoms with Gasteiger partial charge in [0.2, 0.25) is 15.8 Å². The number of ether oxygens (including phenoxy) is 1. The van der Waals surface area contributed by atoms with Gasteiger partial charge in [-0.15, -0.1) is 0 Å². The monoisotopic (exact) mass is 470 g/mol. The number of esters is 1. The molecule has 2 atom stereocenters. The molecule has 172 valence electrons. The van der Waals surface area contributed by atoms with Gasteiger partial charge in [-0.1, -0.05) is 12.1 Å². The number of aromatic nitrogens is 1. The highest BCUT2D eigenvalue weighted by atomic mass is 32.2. The third-order valence-electron chi connectivity index (χ3n) is 5.89. The SMILES string of the molecule is Cc1cc(C(=O)COC(=O)[C@@H]2C[C@H]2c2ccc(F)cc2)c(C)n1-c1ccc(S(N)(=O)=O)cc1. The maximum atomic E-state index is 13.1. The molecule has 2 aromatic carbocycles. The molecule has 0 amide bonds. The third kappa shape index (κ3) is 4.74. The minimum Gasteiger partial charge on any atom is -0.457 e. The number of primary sulfonamides is 1. The van der Waals surface area contributed by atoms with Crippen LogP contribution in [0.3, 0.4) is 0 Å². The van der Waals surface area contributed by atoms with Crippen molar-refractivity contribution in [3.8, 4) is 5.69 Å². The van der Waals surface area contributed by atoms with Gasteiger partial charge in [-0.2, -0.15) is 0 Å². The summed E-state index contributed by atoms with van der Waals surface area (Å²) < 4.78 is 43.1. The lowest BCUT2D eigenvalue weighted by atomic mass is 10.1. The molecule has 0 aliphatic heterocycles. The van der Waals surface area contributed by atoms with E-state index in [4.69, 9.17) is 9.88 Å². The number of nitrogens with zero attached hydrogens (tertiary/aromatic N) is 1. The van der Waals surface area contributed by atoms with Crippen molar-refractivity contribution in [1.29, 1.82) is 0 Å². The number of aryl methyl sites for hydroxylation is 1. The number of halogens is 1. The van der Waals surface area contributed by atoms with Gasteiger partial charge >= 0.3 is 5.97 Å². The number of benzene rings is 2. The van der Waals surface area contributed by atoms with Crippen LogP contribution in [0.15, 0.2) is 59.5 Å². The van der Waals surface area contributed by atoms with Crippen molar-refractivity contribution in [2.24, 2.45) is 11.1 Å². The first kappa shape index (κ1) is 22.9. The summed E-state index contributed by atoms with van der Waals surface area (Å²) in [5, 5.41) is 5.14. The fraction of sp³-hybridized carbons (Fsp3) is 0.250. The Balaban J connectivity index is 1.42. The number of carbonyl (C=O) groups excluding carboxylic acids is 2. The van der Waals surface area contributed by atoms with Gasteiger partial charge in [0, 0.05) is 22.6 Å². The predicted octanol–water partition coefficient (Wildman–Crippen LogP) is 3.41.